The molecule has 160 valence electrons. The van der Waals surface area contributed by atoms with Gasteiger partial charge in [0.05, 0.1) is 22.6 Å². The number of hydrogen-bond donors (Lipinski definition) is 1. The Morgan fingerprint density at radius 1 is 1.10 bits per heavy atom. The number of piperidine rings is 1. The monoisotopic (exact) mass is 435 g/mol. The minimum absolute atomic E-state index is 0.0264. The summed E-state index contributed by atoms with van der Waals surface area (Å²) >= 11 is 1.46. The highest BCUT2D eigenvalue weighted by Gasteiger charge is 2.18. The number of ether oxygens (including phenoxy) is 2. The SMILES string of the molecule is Cc1cc2cc3c(cc2nc1SCC(=O)Nc1ccccc1N1CCCCC1)OCO3. The lowest BCUT2D eigenvalue weighted by atomic mass is 10.1. The summed E-state index contributed by atoms with van der Waals surface area (Å²) in [6.45, 7) is 4.34. The Bertz CT molecular complexity index is 1130. The molecular weight excluding hydrogens is 410 g/mol. The third-order valence-electron chi connectivity index (χ3n) is 5.67. The Balaban J connectivity index is 1.28. The number of nitrogens with one attached hydrogen (secondary N) is 1. The van der Waals surface area contributed by atoms with Gasteiger partial charge in [-0.3, -0.25) is 4.79 Å². The van der Waals surface area contributed by atoms with Crippen molar-refractivity contribution in [3.8, 4) is 11.5 Å². The molecule has 0 saturated carbocycles. The highest BCUT2D eigenvalue weighted by molar-refractivity contribution is 8.00. The molecule has 0 bridgehead atoms. The van der Waals surface area contributed by atoms with Gasteiger partial charge in [0, 0.05) is 24.5 Å². The van der Waals surface area contributed by atoms with E-state index in [2.05, 4.69) is 22.3 Å². The smallest absolute Gasteiger partial charge is 0.234 e. The van der Waals surface area contributed by atoms with Gasteiger partial charge in [0.1, 0.15) is 5.03 Å². The molecule has 1 fully saturated rings. The van der Waals surface area contributed by atoms with Crippen molar-refractivity contribution in [3.05, 3.63) is 48.0 Å². The Morgan fingerprint density at radius 3 is 2.71 bits per heavy atom. The first-order valence-corrected chi connectivity index (χ1v) is 11.6. The summed E-state index contributed by atoms with van der Waals surface area (Å²) in [4.78, 5) is 19.9. The molecule has 2 aliphatic heterocycles. The zero-order chi connectivity index (χ0) is 21.2. The van der Waals surface area contributed by atoms with Crippen LogP contribution in [0, 0.1) is 6.92 Å². The van der Waals surface area contributed by atoms with Gasteiger partial charge in [-0.15, -0.1) is 0 Å². The molecule has 0 atom stereocenters. The van der Waals surface area contributed by atoms with E-state index >= 15 is 0 Å². The van der Waals surface area contributed by atoms with Gasteiger partial charge >= 0.3 is 0 Å². The van der Waals surface area contributed by atoms with Crippen molar-refractivity contribution in [1.82, 2.24) is 4.98 Å². The van der Waals surface area contributed by atoms with E-state index in [0.29, 0.717) is 11.5 Å². The molecule has 0 unspecified atom stereocenters. The molecule has 5 rings (SSSR count). The first kappa shape index (κ1) is 20.0. The Morgan fingerprint density at radius 2 is 1.87 bits per heavy atom. The molecule has 2 aliphatic rings. The summed E-state index contributed by atoms with van der Waals surface area (Å²) in [5.74, 6) is 1.74. The number of carbonyl (C=O) groups is 1. The van der Waals surface area contributed by atoms with Crippen LogP contribution in [-0.2, 0) is 4.79 Å². The molecule has 0 spiro atoms. The van der Waals surface area contributed by atoms with Gasteiger partial charge in [-0.2, -0.15) is 0 Å². The fraction of sp³-hybridized carbons (Fsp3) is 0.333. The zero-order valence-electron chi connectivity index (χ0n) is 17.5. The average Bonchev–Trinajstić information content (AvgIpc) is 3.24. The van der Waals surface area contributed by atoms with Crippen molar-refractivity contribution in [2.45, 2.75) is 31.2 Å². The van der Waals surface area contributed by atoms with Crippen LogP contribution in [0.15, 0.2) is 47.5 Å². The number of para-hydroxylation sites is 2. The molecule has 7 heteroatoms. The highest BCUT2D eigenvalue weighted by Crippen LogP contribution is 2.37. The summed E-state index contributed by atoms with van der Waals surface area (Å²) in [6, 6.07) is 14.0. The predicted molar refractivity (Wildman–Crippen MR) is 124 cm³/mol. The molecule has 2 aromatic carbocycles. The van der Waals surface area contributed by atoms with Crippen molar-refractivity contribution < 1.29 is 14.3 Å². The number of fused-ring (bicyclic) bond motifs is 2. The third-order valence-corrected chi connectivity index (χ3v) is 6.76. The lowest BCUT2D eigenvalue weighted by Gasteiger charge is -2.30. The van der Waals surface area contributed by atoms with Gasteiger partial charge in [0.25, 0.3) is 0 Å². The molecule has 31 heavy (non-hydrogen) atoms. The summed E-state index contributed by atoms with van der Waals surface area (Å²) in [6.07, 6.45) is 3.68. The van der Waals surface area contributed by atoms with Crippen LogP contribution in [0.3, 0.4) is 0 Å². The van der Waals surface area contributed by atoms with Gasteiger partial charge in [0.2, 0.25) is 12.7 Å². The van der Waals surface area contributed by atoms with Crippen molar-refractivity contribution in [3.63, 3.8) is 0 Å². The first-order valence-electron chi connectivity index (χ1n) is 10.6. The van der Waals surface area contributed by atoms with Gasteiger partial charge in [-0.1, -0.05) is 23.9 Å². The van der Waals surface area contributed by atoms with Crippen molar-refractivity contribution >= 4 is 39.9 Å². The molecule has 1 N–H and O–H groups in total. The molecule has 6 nitrogen and oxygen atoms in total. The summed E-state index contributed by atoms with van der Waals surface area (Å²) in [7, 11) is 0. The number of nitrogens with zero attached hydrogens (tertiary/aromatic N) is 2. The lowest BCUT2D eigenvalue weighted by Crippen LogP contribution is -2.30. The molecule has 3 aromatic rings. The van der Waals surface area contributed by atoms with Crippen molar-refractivity contribution in [2.24, 2.45) is 0 Å². The standard InChI is InChI=1S/C24H25N3O3S/c1-16-11-17-12-21-22(30-15-29-21)13-19(17)26-24(16)31-14-23(28)25-18-7-3-4-8-20(18)27-9-5-2-6-10-27/h3-4,7-8,11-13H,2,5-6,9-10,14-15H2,1H3,(H,25,28). The zero-order valence-corrected chi connectivity index (χ0v) is 18.3. The number of benzene rings is 2. The maximum absolute atomic E-state index is 12.7. The normalized spacial score (nSPS) is 15.3. The second kappa shape index (κ2) is 8.67. The topological polar surface area (TPSA) is 63.7 Å². The Kier molecular flexibility index (Phi) is 5.59. The van der Waals surface area contributed by atoms with E-state index in [4.69, 9.17) is 14.5 Å². The Hall–Kier alpha value is -2.93. The van der Waals surface area contributed by atoms with E-state index in [1.807, 2.05) is 37.3 Å². The number of pyridine rings is 1. The van der Waals surface area contributed by atoms with Crippen LogP contribution < -0.4 is 19.7 Å². The number of amides is 1. The quantitative estimate of drug-likeness (QED) is 0.570. The third kappa shape index (κ3) is 4.28. The maximum Gasteiger partial charge on any atom is 0.234 e. The Labute approximate surface area is 185 Å². The molecular formula is C24H25N3O3S. The van der Waals surface area contributed by atoms with E-state index in [0.717, 1.165) is 51.7 Å². The molecule has 1 saturated heterocycles. The van der Waals surface area contributed by atoms with E-state index < -0.39 is 0 Å². The minimum atomic E-state index is -0.0264. The van der Waals surface area contributed by atoms with E-state index in [-0.39, 0.29) is 12.7 Å². The van der Waals surface area contributed by atoms with E-state index in [1.165, 1.54) is 31.0 Å². The van der Waals surface area contributed by atoms with Crippen LogP contribution in [0.5, 0.6) is 11.5 Å². The fourth-order valence-corrected chi connectivity index (χ4v) is 4.90. The van der Waals surface area contributed by atoms with Gasteiger partial charge in [-0.05, 0) is 56.0 Å². The minimum Gasteiger partial charge on any atom is -0.454 e. The van der Waals surface area contributed by atoms with Crippen LogP contribution in [0.1, 0.15) is 24.8 Å². The van der Waals surface area contributed by atoms with Crippen LogP contribution in [-0.4, -0.2) is 36.5 Å². The molecule has 0 aliphatic carbocycles. The predicted octanol–water partition coefficient (Wildman–Crippen LogP) is 4.99. The van der Waals surface area contributed by atoms with Crippen LogP contribution in [0.2, 0.25) is 0 Å². The maximum atomic E-state index is 12.7. The van der Waals surface area contributed by atoms with Crippen LogP contribution >= 0.6 is 11.8 Å². The number of rotatable bonds is 5. The van der Waals surface area contributed by atoms with Crippen LogP contribution in [0.25, 0.3) is 10.9 Å². The number of hydrogen-bond acceptors (Lipinski definition) is 6. The summed E-state index contributed by atoms with van der Waals surface area (Å²) in [5, 5.41) is 4.96. The van der Waals surface area contributed by atoms with Gasteiger partial charge < -0.3 is 19.7 Å². The average molecular weight is 436 g/mol. The number of thioether (sulfide) groups is 1. The summed E-state index contributed by atoms with van der Waals surface area (Å²) < 4.78 is 10.9. The number of anilines is 2. The fourth-order valence-electron chi connectivity index (χ4n) is 4.11. The molecule has 0 radical (unpaired) electrons. The number of aromatic nitrogens is 1. The second-order valence-corrected chi connectivity index (χ2v) is 8.87. The first-order chi connectivity index (χ1) is 15.2. The van der Waals surface area contributed by atoms with Crippen molar-refractivity contribution in [2.75, 3.05) is 35.9 Å². The largest absolute Gasteiger partial charge is 0.454 e. The van der Waals surface area contributed by atoms with Crippen LogP contribution in [0.4, 0.5) is 11.4 Å². The van der Waals surface area contributed by atoms with E-state index in [9.17, 15) is 4.79 Å². The number of aryl methyl sites for hydroxylation is 1. The van der Waals surface area contributed by atoms with E-state index in [1.54, 1.807) is 0 Å². The number of carbonyl (C=O) groups excluding carboxylic acids is 1. The molecule has 3 heterocycles. The van der Waals surface area contributed by atoms with Gasteiger partial charge in [0.15, 0.2) is 11.5 Å². The summed E-state index contributed by atoms with van der Waals surface area (Å²) in [5.41, 5.74) is 3.87. The van der Waals surface area contributed by atoms with Crippen molar-refractivity contribution in [1.29, 1.82) is 0 Å². The molecule has 1 aromatic heterocycles. The molecule has 1 amide bonds. The lowest BCUT2D eigenvalue weighted by molar-refractivity contribution is -0.113. The highest BCUT2D eigenvalue weighted by atomic mass is 32.2. The second-order valence-electron chi connectivity index (χ2n) is 7.91. The van der Waals surface area contributed by atoms with Gasteiger partial charge in [-0.25, -0.2) is 4.98 Å².